The van der Waals surface area contributed by atoms with Crippen molar-refractivity contribution >= 4 is 34.3 Å². The molecule has 2 heterocycles. The molecule has 0 atom stereocenters. The van der Waals surface area contributed by atoms with Crippen LogP contribution in [0.15, 0.2) is 36.4 Å². The molecule has 1 amide bonds. The van der Waals surface area contributed by atoms with E-state index >= 15 is 0 Å². The molecule has 12 heteroatoms. The molecule has 1 fully saturated rings. The lowest BCUT2D eigenvalue weighted by molar-refractivity contribution is -0.139. The molecule has 1 aliphatic heterocycles. The molecule has 4 rings (SSSR count). The van der Waals surface area contributed by atoms with Gasteiger partial charge in [-0.2, -0.15) is 13.2 Å². The third-order valence-electron chi connectivity index (χ3n) is 5.89. The number of nitrogens with one attached hydrogen (secondary N) is 1. The average molecular weight is 534 g/mol. The summed E-state index contributed by atoms with van der Waals surface area (Å²) in [4.78, 5) is 24.1. The van der Waals surface area contributed by atoms with E-state index in [4.69, 9.17) is 14.2 Å². The van der Waals surface area contributed by atoms with E-state index in [-0.39, 0.29) is 34.4 Å². The van der Waals surface area contributed by atoms with Crippen molar-refractivity contribution in [2.45, 2.75) is 32.5 Å². The average Bonchev–Trinajstić information content (AvgIpc) is 2.86. The lowest BCUT2D eigenvalue weighted by Crippen LogP contribution is -2.50. The molecular weight excluding hydrogens is 503 g/mol. The van der Waals surface area contributed by atoms with Gasteiger partial charge in [0.05, 0.1) is 19.7 Å². The normalized spacial score (nSPS) is 14.4. The number of halogens is 3. The fourth-order valence-electron chi connectivity index (χ4n) is 4.09. The van der Waals surface area contributed by atoms with Gasteiger partial charge in [-0.3, -0.25) is 0 Å². The van der Waals surface area contributed by atoms with Gasteiger partial charge in [0.15, 0.2) is 17.2 Å². The van der Waals surface area contributed by atoms with Gasteiger partial charge in [0.2, 0.25) is 5.95 Å². The van der Waals surface area contributed by atoms with Crippen LogP contribution < -0.4 is 19.7 Å². The van der Waals surface area contributed by atoms with E-state index in [1.807, 2.05) is 32.9 Å². The van der Waals surface area contributed by atoms with Gasteiger partial charge in [0.25, 0.3) is 0 Å². The zero-order valence-electron chi connectivity index (χ0n) is 21.8. The number of rotatable bonds is 5. The third kappa shape index (κ3) is 6.12. The number of aromatic nitrogens is 2. The Hall–Kier alpha value is -3.96. The van der Waals surface area contributed by atoms with Crippen LogP contribution in [0.2, 0.25) is 0 Å². The van der Waals surface area contributed by atoms with Crippen molar-refractivity contribution in [2.24, 2.45) is 0 Å². The SMILES string of the molecule is COc1cc2nc(Nc3ccc(N4CCN(C(=O)OC(C)(C)C)CC4)cc3)nc(C(F)(F)F)c2cc1OC. The van der Waals surface area contributed by atoms with Crippen LogP contribution in [-0.2, 0) is 10.9 Å². The molecule has 1 N–H and O–H groups in total. The molecular formula is C26H30F3N5O4. The van der Waals surface area contributed by atoms with Crippen LogP contribution in [0, 0.1) is 0 Å². The second-order valence-electron chi connectivity index (χ2n) is 9.74. The summed E-state index contributed by atoms with van der Waals surface area (Å²) in [7, 11) is 2.74. The van der Waals surface area contributed by atoms with Crippen molar-refractivity contribution in [2.75, 3.05) is 50.6 Å². The molecule has 3 aromatic rings. The summed E-state index contributed by atoms with van der Waals surface area (Å²) in [6.07, 6.45) is -5.04. The maximum atomic E-state index is 13.8. The first kappa shape index (κ1) is 27.1. The van der Waals surface area contributed by atoms with Crippen LogP contribution in [0.1, 0.15) is 26.5 Å². The van der Waals surface area contributed by atoms with Crippen LogP contribution in [-0.4, -0.2) is 67.0 Å². The molecule has 2 aromatic carbocycles. The number of alkyl halides is 3. The molecule has 0 aliphatic carbocycles. The summed E-state index contributed by atoms with van der Waals surface area (Å²) < 4.78 is 57.3. The largest absolute Gasteiger partial charge is 0.493 e. The van der Waals surface area contributed by atoms with Gasteiger partial charge in [-0.05, 0) is 51.1 Å². The first-order valence-electron chi connectivity index (χ1n) is 12.0. The number of amides is 1. The number of nitrogens with zero attached hydrogens (tertiary/aromatic N) is 4. The molecule has 9 nitrogen and oxygen atoms in total. The molecule has 0 saturated carbocycles. The number of carbonyl (C=O) groups is 1. The number of methoxy groups -OCH3 is 2. The fraction of sp³-hybridized carbons (Fsp3) is 0.423. The number of fused-ring (bicyclic) bond motifs is 1. The van der Waals surface area contributed by atoms with E-state index in [1.165, 1.54) is 26.4 Å². The molecule has 204 valence electrons. The second kappa shape index (κ2) is 10.4. The lowest BCUT2D eigenvalue weighted by atomic mass is 10.1. The van der Waals surface area contributed by atoms with Crippen molar-refractivity contribution in [1.82, 2.24) is 14.9 Å². The summed E-state index contributed by atoms with van der Waals surface area (Å²) in [6.45, 7) is 7.79. The summed E-state index contributed by atoms with van der Waals surface area (Å²) in [6, 6.07) is 9.79. The number of piperazine rings is 1. The zero-order chi connectivity index (χ0) is 27.7. The van der Waals surface area contributed by atoms with Gasteiger partial charge < -0.3 is 29.3 Å². The Labute approximate surface area is 218 Å². The van der Waals surface area contributed by atoms with E-state index in [9.17, 15) is 18.0 Å². The highest BCUT2D eigenvalue weighted by Gasteiger charge is 2.36. The Morgan fingerprint density at radius 3 is 2.08 bits per heavy atom. The Morgan fingerprint density at radius 1 is 0.921 bits per heavy atom. The predicted molar refractivity (Wildman–Crippen MR) is 137 cm³/mol. The van der Waals surface area contributed by atoms with E-state index in [0.29, 0.717) is 31.9 Å². The monoisotopic (exact) mass is 533 g/mol. The van der Waals surface area contributed by atoms with Gasteiger partial charge in [0.1, 0.15) is 5.60 Å². The van der Waals surface area contributed by atoms with Crippen molar-refractivity contribution in [3.05, 3.63) is 42.1 Å². The first-order chi connectivity index (χ1) is 17.9. The third-order valence-corrected chi connectivity index (χ3v) is 5.89. The number of carbonyl (C=O) groups excluding carboxylic acids is 1. The minimum atomic E-state index is -4.71. The second-order valence-corrected chi connectivity index (χ2v) is 9.74. The Balaban J connectivity index is 1.50. The maximum Gasteiger partial charge on any atom is 0.434 e. The Bertz CT molecular complexity index is 1300. The summed E-state index contributed by atoms with van der Waals surface area (Å²) in [5, 5.41) is 2.67. The van der Waals surface area contributed by atoms with E-state index in [0.717, 1.165) is 5.69 Å². The number of anilines is 3. The van der Waals surface area contributed by atoms with Crippen LogP contribution in [0.5, 0.6) is 11.5 Å². The van der Waals surface area contributed by atoms with Crippen LogP contribution >= 0.6 is 0 Å². The maximum absolute atomic E-state index is 13.8. The van der Waals surface area contributed by atoms with Crippen LogP contribution in [0.3, 0.4) is 0 Å². The van der Waals surface area contributed by atoms with E-state index < -0.39 is 17.5 Å². The zero-order valence-corrected chi connectivity index (χ0v) is 21.8. The van der Waals surface area contributed by atoms with Gasteiger partial charge >= 0.3 is 12.3 Å². The van der Waals surface area contributed by atoms with Gasteiger partial charge in [-0.15, -0.1) is 0 Å². The molecule has 0 bridgehead atoms. The highest BCUT2D eigenvalue weighted by molar-refractivity contribution is 5.86. The molecule has 1 saturated heterocycles. The Morgan fingerprint density at radius 2 is 1.53 bits per heavy atom. The van der Waals surface area contributed by atoms with Crippen molar-refractivity contribution < 1.29 is 32.2 Å². The number of ether oxygens (including phenoxy) is 3. The molecule has 0 spiro atoms. The first-order valence-corrected chi connectivity index (χ1v) is 12.0. The number of hydrogen-bond donors (Lipinski definition) is 1. The van der Waals surface area contributed by atoms with Crippen LogP contribution in [0.4, 0.5) is 35.3 Å². The smallest absolute Gasteiger partial charge is 0.434 e. The molecule has 1 aliphatic rings. The summed E-state index contributed by atoms with van der Waals surface area (Å²) >= 11 is 0. The van der Waals surface area contributed by atoms with E-state index in [2.05, 4.69) is 20.2 Å². The fourth-order valence-corrected chi connectivity index (χ4v) is 4.09. The summed E-state index contributed by atoms with van der Waals surface area (Å²) in [5.41, 5.74) is -0.121. The Kier molecular flexibility index (Phi) is 7.43. The number of benzene rings is 2. The molecule has 38 heavy (non-hydrogen) atoms. The number of hydrogen-bond acceptors (Lipinski definition) is 8. The quantitative estimate of drug-likeness (QED) is 0.462. The minimum absolute atomic E-state index is 0.0620. The highest BCUT2D eigenvalue weighted by atomic mass is 19.4. The predicted octanol–water partition coefficient (Wildman–Crippen LogP) is 5.47. The van der Waals surface area contributed by atoms with Crippen molar-refractivity contribution in [3.63, 3.8) is 0 Å². The van der Waals surface area contributed by atoms with E-state index in [1.54, 1.807) is 17.0 Å². The van der Waals surface area contributed by atoms with Gasteiger partial charge in [0, 0.05) is 49.0 Å². The van der Waals surface area contributed by atoms with Crippen molar-refractivity contribution in [3.8, 4) is 11.5 Å². The highest BCUT2D eigenvalue weighted by Crippen LogP contribution is 2.39. The summed E-state index contributed by atoms with van der Waals surface area (Å²) in [5.74, 6) is 0.210. The van der Waals surface area contributed by atoms with Crippen LogP contribution in [0.25, 0.3) is 10.9 Å². The minimum Gasteiger partial charge on any atom is -0.493 e. The molecule has 0 unspecified atom stereocenters. The standard InChI is InChI=1S/C26H30F3N5O4/c1-25(2,3)38-24(35)34-12-10-33(11-13-34)17-8-6-16(7-9-17)30-23-31-19-15-21(37-5)20(36-4)14-18(19)22(32-23)26(27,28)29/h6-9,14-15H,10-13H2,1-5H3,(H,30,31,32). The lowest BCUT2D eigenvalue weighted by Gasteiger charge is -2.36. The topological polar surface area (TPSA) is 89.1 Å². The van der Waals surface area contributed by atoms with Crippen molar-refractivity contribution in [1.29, 1.82) is 0 Å². The van der Waals surface area contributed by atoms with Gasteiger partial charge in [-0.25, -0.2) is 14.8 Å². The molecule has 1 aromatic heterocycles. The molecule has 0 radical (unpaired) electrons. The van der Waals surface area contributed by atoms with Gasteiger partial charge in [-0.1, -0.05) is 0 Å².